The molecule has 3 heterocycles. The zero-order valence-electron chi connectivity index (χ0n) is 41.7. The maximum atomic E-state index is 13.6. The van der Waals surface area contributed by atoms with Crippen LogP contribution in [-0.2, 0) is 15.0 Å². The molecule has 0 spiro atoms. The fraction of sp³-hybridized carbons (Fsp3) is 0.148. The van der Waals surface area contributed by atoms with E-state index in [1.807, 2.05) is 101 Å². The fourth-order valence-electron chi connectivity index (χ4n) is 8.14. The van der Waals surface area contributed by atoms with Crippen molar-refractivity contribution in [1.82, 2.24) is 30.3 Å². The van der Waals surface area contributed by atoms with Gasteiger partial charge < -0.3 is 34.9 Å². The lowest BCUT2D eigenvalue weighted by atomic mass is 9.77. The molecule has 0 aliphatic heterocycles. The molecule has 0 saturated carbocycles. The Morgan fingerprint density at radius 1 is 0.584 bits per heavy atom. The van der Waals surface area contributed by atoms with Crippen molar-refractivity contribution in [2.45, 2.75) is 5.54 Å². The van der Waals surface area contributed by atoms with Crippen molar-refractivity contribution in [3.8, 4) is 52.4 Å². The number of aromatic hydroxyl groups is 2. The number of fused-ring (bicyclic) bond motifs is 2. The van der Waals surface area contributed by atoms with E-state index >= 15 is 0 Å². The quantitative estimate of drug-likeness (QED) is 0.0262. The molecule has 7 aromatic carbocycles. The van der Waals surface area contributed by atoms with E-state index in [2.05, 4.69) is 104 Å². The molecule has 13 nitrogen and oxygen atoms in total. The first-order valence-electron chi connectivity index (χ1n) is 24.5. The van der Waals surface area contributed by atoms with E-state index in [0.29, 0.717) is 75.5 Å². The zero-order valence-corrected chi connectivity index (χ0v) is 43.8. The summed E-state index contributed by atoms with van der Waals surface area (Å²) in [6.45, 7) is 4.09. The third kappa shape index (κ3) is 14.8. The number of aromatic nitrogens is 5. The van der Waals surface area contributed by atoms with Gasteiger partial charge in [0, 0.05) is 33.5 Å². The van der Waals surface area contributed by atoms with Crippen LogP contribution in [0.3, 0.4) is 0 Å². The molecule has 10 aromatic rings. The first-order chi connectivity index (χ1) is 37.6. The van der Waals surface area contributed by atoms with Crippen molar-refractivity contribution < 1.29 is 37.9 Å². The van der Waals surface area contributed by atoms with Crippen molar-refractivity contribution in [2.75, 3.05) is 52.7 Å². The maximum Gasteiger partial charge on any atom is 0.166 e. The Bertz CT molecular complexity index is 3440. The van der Waals surface area contributed by atoms with E-state index in [0.717, 1.165) is 36.9 Å². The Hall–Kier alpha value is -8.31. The number of pyridine rings is 2. The van der Waals surface area contributed by atoms with Crippen molar-refractivity contribution >= 4 is 44.4 Å². The van der Waals surface area contributed by atoms with Crippen LogP contribution in [0, 0.1) is 27.5 Å². The summed E-state index contributed by atoms with van der Waals surface area (Å²) >= 11 is 1.97. The number of benzene rings is 7. The second-order valence-electron chi connectivity index (χ2n) is 17.0. The van der Waals surface area contributed by atoms with Gasteiger partial charge in [0.05, 0.1) is 60.6 Å². The zero-order chi connectivity index (χ0) is 53.8. The molecule has 0 amide bonds. The van der Waals surface area contributed by atoms with Gasteiger partial charge in [-0.15, -0.1) is 11.5 Å². The number of phenolic OH excluding ortho intramolecular Hbond substituents is 2. The average Bonchev–Trinajstić information content (AvgIpc) is 3.97. The number of nitrogens with zero attached hydrogens (tertiary/aromatic N) is 5. The molecule has 0 bridgehead atoms. The lowest BCUT2D eigenvalue weighted by molar-refractivity contribution is 0.0992. The van der Waals surface area contributed by atoms with E-state index < -0.39 is 22.9 Å². The summed E-state index contributed by atoms with van der Waals surface area (Å²) < 4.78 is 51.0. The van der Waals surface area contributed by atoms with Gasteiger partial charge in [-0.25, -0.2) is 23.4 Å². The molecule has 0 radical (unpaired) electrons. The number of rotatable bonds is 19. The Morgan fingerprint density at radius 2 is 1.13 bits per heavy atom. The van der Waals surface area contributed by atoms with Crippen LogP contribution >= 0.6 is 22.6 Å². The first-order valence-corrected chi connectivity index (χ1v) is 25.6. The molecule has 0 fully saturated rings. The lowest BCUT2D eigenvalue weighted by Gasteiger charge is -2.37. The Labute approximate surface area is 458 Å². The summed E-state index contributed by atoms with van der Waals surface area (Å²) in [4.78, 5) is 9.05. The molecular weight excluding hydrogens is 1090 g/mol. The predicted octanol–water partition coefficient (Wildman–Crippen LogP) is 11.0. The van der Waals surface area contributed by atoms with Crippen LogP contribution in [0.25, 0.3) is 38.9 Å². The highest BCUT2D eigenvalue weighted by molar-refractivity contribution is 14.1. The molecule has 0 aliphatic carbocycles. The monoisotopic (exact) mass is 1150 g/mol. The average molecular weight is 1150 g/mol. The van der Waals surface area contributed by atoms with Gasteiger partial charge in [0.1, 0.15) is 36.1 Å². The van der Waals surface area contributed by atoms with Crippen molar-refractivity contribution in [3.05, 3.63) is 232 Å². The fourth-order valence-corrected chi connectivity index (χ4v) is 8.60. The molecule has 10 rings (SSSR count). The predicted molar refractivity (Wildman–Crippen MR) is 303 cm³/mol. The van der Waals surface area contributed by atoms with E-state index in [9.17, 15) is 13.9 Å². The molecule has 390 valence electrons. The molecule has 0 unspecified atom stereocenters. The molecular formula is C61H54F2IN7O6. The summed E-state index contributed by atoms with van der Waals surface area (Å²) in [6.07, 6.45) is 7.09. The van der Waals surface area contributed by atoms with E-state index in [1.54, 1.807) is 18.3 Å². The molecule has 0 aliphatic rings. The molecule has 77 heavy (non-hydrogen) atoms. The number of halogens is 3. The minimum absolute atomic E-state index is 0.296. The molecule has 16 heteroatoms. The van der Waals surface area contributed by atoms with Gasteiger partial charge in [0.25, 0.3) is 0 Å². The Balaban J connectivity index is 0.000000178. The molecule has 0 saturated heterocycles. The van der Waals surface area contributed by atoms with Gasteiger partial charge in [-0.2, -0.15) is 0 Å². The standard InChI is InChI=1S/C34H30N2O2.C21H20FN5O3.C6H4FIO/c1-2-31-19-18-27-26-32(20-21-33(27)36-31)38-25-24-37-23-22-35-34(28-12-6-3-7-13-28,29-14-8-4-9-15-29)30-16-10-5-11-17-30;22-17-12-15(2-6-21(17)28)27-13-20(25-26-27)19-4-1-14-11-16(3-5-18(14)24-19)30-10-9-29-8-7-23;7-5-3-4(8)1-2-6(5)9/h1,3-21,26,35H,22-25H2;1-6,11-13,28H,7-10,23H2;1-3,9H. The van der Waals surface area contributed by atoms with Gasteiger partial charge in [-0.1, -0.05) is 108 Å². The van der Waals surface area contributed by atoms with Gasteiger partial charge in [0.2, 0.25) is 0 Å². The van der Waals surface area contributed by atoms with Gasteiger partial charge in [-0.05, 0) is 124 Å². The smallest absolute Gasteiger partial charge is 0.166 e. The highest BCUT2D eigenvalue weighted by atomic mass is 127. The number of nitrogens with two attached hydrogens (primary N) is 1. The van der Waals surface area contributed by atoms with Crippen LogP contribution in [0.5, 0.6) is 23.0 Å². The minimum Gasteiger partial charge on any atom is -0.505 e. The number of nitrogens with one attached hydrogen (secondary N) is 1. The number of phenols is 2. The summed E-state index contributed by atoms with van der Waals surface area (Å²) in [5.41, 5.74) is 12.3. The van der Waals surface area contributed by atoms with E-state index in [4.69, 9.17) is 36.2 Å². The van der Waals surface area contributed by atoms with Crippen LogP contribution in [0.1, 0.15) is 22.4 Å². The summed E-state index contributed by atoms with van der Waals surface area (Å²) in [5, 5.41) is 31.9. The minimum atomic E-state index is -0.725. The maximum absolute atomic E-state index is 13.6. The Morgan fingerprint density at radius 3 is 1.68 bits per heavy atom. The molecule has 5 N–H and O–H groups in total. The lowest BCUT2D eigenvalue weighted by Crippen LogP contribution is -2.46. The first kappa shape index (κ1) is 54.9. The van der Waals surface area contributed by atoms with Crippen molar-refractivity contribution in [1.29, 1.82) is 0 Å². The van der Waals surface area contributed by atoms with Gasteiger partial charge in [-0.3, -0.25) is 5.32 Å². The number of hydrogen-bond acceptors (Lipinski definition) is 12. The van der Waals surface area contributed by atoms with Crippen molar-refractivity contribution in [3.63, 3.8) is 0 Å². The summed E-state index contributed by atoms with van der Waals surface area (Å²) in [5.74, 6) is 2.08. The largest absolute Gasteiger partial charge is 0.505 e. The van der Waals surface area contributed by atoms with Gasteiger partial charge >= 0.3 is 0 Å². The highest BCUT2D eigenvalue weighted by Gasteiger charge is 2.35. The second kappa shape index (κ2) is 27.5. The topological polar surface area (TPSA) is 172 Å². The van der Waals surface area contributed by atoms with Crippen LogP contribution in [-0.4, -0.2) is 87.9 Å². The Kier molecular flexibility index (Phi) is 19.6. The van der Waals surface area contributed by atoms with Crippen LogP contribution in [0.4, 0.5) is 8.78 Å². The van der Waals surface area contributed by atoms with E-state index in [1.165, 1.54) is 45.6 Å². The van der Waals surface area contributed by atoms with Gasteiger partial charge in [0.15, 0.2) is 23.1 Å². The molecule has 3 aromatic heterocycles. The number of terminal acetylenes is 1. The summed E-state index contributed by atoms with van der Waals surface area (Å²) in [7, 11) is 0. The highest BCUT2D eigenvalue weighted by Crippen LogP contribution is 2.37. The van der Waals surface area contributed by atoms with Crippen LogP contribution in [0.2, 0.25) is 0 Å². The third-order valence-electron chi connectivity index (χ3n) is 11.8. The number of hydrogen-bond donors (Lipinski definition) is 4. The molecule has 0 atom stereocenters. The van der Waals surface area contributed by atoms with Crippen LogP contribution < -0.4 is 20.5 Å². The summed E-state index contributed by atoms with van der Waals surface area (Å²) in [6, 6.07) is 58.9. The number of ether oxygens (including phenoxy) is 4. The van der Waals surface area contributed by atoms with Crippen molar-refractivity contribution in [2.24, 2.45) is 5.73 Å². The van der Waals surface area contributed by atoms with Crippen LogP contribution in [0.15, 0.2) is 194 Å². The SMILES string of the molecule is C#Cc1ccc2cc(OCCOCCNC(c3ccccc3)(c3ccccc3)c3ccccc3)ccc2n1.NCCOCCOc1ccc2nc(-c3cn(-c4ccc(O)c(F)c4)nn3)ccc2c1.Oc1ccc(I)cc1F. The third-order valence-corrected chi connectivity index (χ3v) is 12.5. The van der Waals surface area contributed by atoms with E-state index in [-0.39, 0.29) is 5.75 Å². The second-order valence-corrected chi connectivity index (χ2v) is 18.3. The normalized spacial score (nSPS) is 11.0.